The Morgan fingerprint density at radius 1 is 1.21 bits per heavy atom. The number of hydrogen-bond donors (Lipinski definition) is 2. The number of carbonyl (C=O) groups excluding carboxylic acids is 2. The number of unbranched alkanes of at least 4 members (excludes halogenated alkanes) is 1. The van der Waals surface area contributed by atoms with Gasteiger partial charge in [0.05, 0.1) is 10.9 Å². The van der Waals surface area contributed by atoms with Gasteiger partial charge in [0.15, 0.2) is 0 Å². The van der Waals surface area contributed by atoms with E-state index < -0.39 is 22.0 Å². The molecule has 1 rings (SSSR count). The number of carbonyl (C=O) groups is 2. The van der Waals surface area contributed by atoms with E-state index >= 15 is 0 Å². The molecule has 24 heavy (non-hydrogen) atoms. The minimum Gasteiger partial charge on any atom is -0.372 e. The molecule has 0 spiro atoms. The van der Waals surface area contributed by atoms with Crippen molar-refractivity contribution in [2.24, 2.45) is 0 Å². The lowest BCUT2D eigenvalue weighted by molar-refractivity contribution is -0.126. The third-order valence-electron chi connectivity index (χ3n) is 3.22. The summed E-state index contributed by atoms with van der Waals surface area (Å²) in [5.74, 6) is -0.780. The monoisotopic (exact) mass is 356 g/mol. The van der Waals surface area contributed by atoms with Crippen LogP contribution in [0.25, 0.3) is 0 Å². The van der Waals surface area contributed by atoms with Gasteiger partial charge in [-0.2, -0.15) is 4.72 Å². The number of rotatable bonds is 11. The zero-order valence-electron chi connectivity index (χ0n) is 13.9. The molecule has 8 heteroatoms. The number of amides is 1. The first-order valence-corrected chi connectivity index (χ1v) is 9.27. The highest BCUT2D eigenvalue weighted by Gasteiger charge is 2.23. The summed E-state index contributed by atoms with van der Waals surface area (Å²) in [4.78, 5) is 23.4. The highest BCUT2D eigenvalue weighted by molar-refractivity contribution is 7.89. The Morgan fingerprint density at radius 2 is 1.88 bits per heavy atom. The third-order valence-corrected chi connectivity index (χ3v) is 4.71. The Hall–Kier alpha value is -1.77. The summed E-state index contributed by atoms with van der Waals surface area (Å²) in [7, 11) is -3.83. The summed E-state index contributed by atoms with van der Waals surface area (Å²) in [6.07, 6.45) is 1.83. The molecule has 1 aromatic carbocycles. The van der Waals surface area contributed by atoms with Gasteiger partial charge in [-0.3, -0.25) is 9.59 Å². The van der Waals surface area contributed by atoms with Crippen LogP contribution in [0.15, 0.2) is 35.2 Å². The van der Waals surface area contributed by atoms with Gasteiger partial charge in [-0.1, -0.05) is 31.5 Å². The summed E-state index contributed by atoms with van der Waals surface area (Å²) in [6, 6.07) is 6.70. The van der Waals surface area contributed by atoms with Crippen LogP contribution in [0, 0.1) is 0 Å². The van der Waals surface area contributed by atoms with Gasteiger partial charge in [0, 0.05) is 13.2 Å². The van der Waals surface area contributed by atoms with Crippen molar-refractivity contribution >= 4 is 21.7 Å². The lowest BCUT2D eigenvalue weighted by Gasteiger charge is -2.17. The first-order valence-electron chi connectivity index (χ1n) is 7.79. The van der Waals surface area contributed by atoms with Crippen molar-refractivity contribution in [2.75, 3.05) is 19.8 Å². The second-order valence-corrected chi connectivity index (χ2v) is 7.02. The van der Waals surface area contributed by atoms with Gasteiger partial charge < -0.3 is 10.1 Å². The van der Waals surface area contributed by atoms with Crippen LogP contribution in [0.2, 0.25) is 0 Å². The molecule has 1 unspecified atom stereocenters. The highest BCUT2D eigenvalue weighted by atomic mass is 32.2. The second-order valence-electron chi connectivity index (χ2n) is 5.31. The van der Waals surface area contributed by atoms with E-state index in [0.29, 0.717) is 6.61 Å². The maximum Gasteiger partial charge on any atom is 0.246 e. The molecular weight excluding hydrogens is 332 g/mol. The molecule has 0 aliphatic rings. The Labute approximate surface area is 142 Å². The lowest BCUT2D eigenvalue weighted by Crippen LogP contribution is -2.48. The maximum absolute atomic E-state index is 12.2. The van der Waals surface area contributed by atoms with Crippen molar-refractivity contribution in [2.45, 2.75) is 37.6 Å². The van der Waals surface area contributed by atoms with Crippen molar-refractivity contribution in [3.8, 4) is 0 Å². The van der Waals surface area contributed by atoms with Crippen LogP contribution in [0.4, 0.5) is 0 Å². The molecule has 0 bridgehead atoms. The van der Waals surface area contributed by atoms with E-state index in [1.165, 1.54) is 19.1 Å². The van der Waals surface area contributed by atoms with Crippen molar-refractivity contribution < 1.29 is 22.7 Å². The molecule has 0 saturated heterocycles. The van der Waals surface area contributed by atoms with Crippen LogP contribution < -0.4 is 10.0 Å². The molecule has 0 heterocycles. The van der Waals surface area contributed by atoms with Gasteiger partial charge in [-0.25, -0.2) is 8.42 Å². The van der Waals surface area contributed by atoms with E-state index in [1.54, 1.807) is 18.2 Å². The predicted octanol–water partition coefficient (Wildman–Crippen LogP) is 0.855. The first kappa shape index (κ1) is 20.3. The standard InChI is InChI=1S/C16H24N2O5S/c1-3-4-10-23-12-16(20)17-11-15(13(2)19)18-24(21,22)14-8-6-5-7-9-14/h5-9,15,18H,3-4,10-12H2,1-2H3,(H,17,20). The van der Waals surface area contributed by atoms with Crippen LogP contribution in [-0.4, -0.2) is 45.9 Å². The van der Waals surface area contributed by atoms with Crippen molar-refractivity contribution in [3.63, 3.8) is 0 Å². The molecule has 0 fully saturated rings. The zero-order chi connectivity index (χ0) is 18.0. The summed E-state index contributed by atoms with van der Waals surface area (Å²) < 4.78 is 31.9. The van der Waals surface area contributed by atoms with Crippen LogP contribution in [0.3, 0.4) is 0 Å². The van der Waals surface area contributed by atoms with Gasteiger partial charge in [0.25, 0.3) is 0 Å². The third kappa shape index (κ3) is 7.20. The number of ether oxygens (including phenoxy) is 1. The van der Waals surface area contributed by atoms with Gasteiger partial charge in [0.1, 0.15) is 12.4 Å². The lowest BCUT2D eigenvalue weighted by atomic mass is 10.2. The SMILES string of the molecule is CCCCOCC(=O)NCC(NS(=O)(=O)c1ccccc1)C(C)=O. The highest BCUT2D eigenvalue weighted by Crippen LogP contribution is 2.08. The molecule has 7 nitrogen and oxygen atoms in total. The molecule has 0 aromatic heterocycles. The van der Waals surface area contributed by atoms with E-state index in [1.807, 2.05) is 6.92 Å². The van der Waals surface area contributed by atoms with Gasteiger partial charge in [0.2, 0.25) is 15.9 Å². The summed E-state index contributed by atoms with van der Waals surface area (Å²) in [5.41, 5.74) is 0. The Kier molecular flexibility index (Phi) is 8.59. The fourth-order valence-corrected chi connectivity index (χ4v) is 3.08. The molecule has 0 saturated carbocycles. The molecular formula is C16H24N2O5S. The Bertz CT molecular complexity index is 631. The van der Waals surface area contributed by atoms with Crippen LogP contribution in [0.5, 0.6) is 0 Å². The van der Waals surface area contributed by atoms with Crippen LogP contribution >= 0.6 is 0 Å². The largest absolute Gasteiger partial charge is 0.372 e. The Morgan fingerprint density at radius 3 is 2.46 bits per heavy atom. The van der Waals surface area contributed by atoms with E-state index in [0.717, 1.165) is 12.8 Å². The topological polar surface area (TPSA) is 102 Å². The average Bonchev–Trinajstić information content (AvgIpc) is 2.56. The molecule has 134 valence electrons. The number of ketones is 1. The number of nitrogens with one attached hydrogen (secondary N) is 2. The van der Waals surface area contributed by atoms with E-state index in [4.69, 9.17) is 4.74 Å². The van der Waals surface area contributed by atoms with Gasteiger partial charge in [-0.05, 0) is 25.5 Å². The maximum atomic E-state index is 12.2. The molecule has 0 aliphatic heterocycles. The molecule has 2 N–H and O–H groups in total. The molecule has 0 radical (unpaired) electrons. The van der Waals surface area contributed by atoms with E-state index in [-0.39, 0.29) is 23.8 Å². The molecule has 1 atom stereocenters. The number of sulfonamides is 1. The number of Topliss-reactive ketones (excluding diaryl/α,β-unsaturated/α-hetero) is 1. The van der Waals surface area contributed by atoms with Crippen LogP contribution in [0.1, 0.15) is 26.7 Å². The quantitative estimate of drug-likeness (QED) is 0.573. The predicted molar refractivity (Wildman–Crippen MR) is 90.0 cm³/mol. The second kappa shape index (κ2) is 10.2. The number of hydrogen-bond acceptors (Lipinski definition) is 5. The Balaban J connectivity index is 2.56. The van der Waals surface area contributed by atoms with Gasteiger partial charge >= 0.3 is 0 Å². The molecule has 1 aromatic rings. The minimum atomic E-state index is -3.83. The zero-order valence-corrected chi connectivity index (χ0v) is 14.8. The molecule has 0 aliphatic carbocycles. The minimum absolute atomic E-state index is 0.0606. The number of benzene rings is 1. The fourth-order valence-electron chi connectivity index (χ4n) is 1.80. The van der Waals surface area contributed by atoms with E-state index in [2.05, 4.69) is 10.0 Å². The van der Waals surface area contributed by atoms with Crippen molar-refractivity contribution in [1.29, 1.82) is 0 Å². The average molecular weight is 356 g/mol. The summed E-state index contributed by atoms with van der Waals surface area (Å²) in [6.45, 7) is 3.52. The van der Waals surface area contributed by atoms with Crippen molar-refractivity contribution in [1.82, 2.24) is 10.0 Å². The summed E-state index contributed by atoms with van der Waals surface area (Å²) in [5, 5.41) is 2.50. The smallest absolute Gasteiger partial charge is 0.246 e. The van der Waals surface area contributed by atoms with Gasteiger partial charge in [-0.15, -0.1) is 0 Å². The first-order chi connectivity index (χ1) is 11.4. The van der Waals surface area contributed by atoms with Crippen molar-refractivity contribution in [3.05, 3.63) is 30.3 Å². The molecule has 1 amide bonds. The summed E-state index contributed by atoms with van der Waals surface area (Å²) >= 11 is 0. The fraction of sp³-hybridized carbons (Fsp3) is 0.500. The van der Waals surface area contributed by atoms with E-state index in [9.17, 15) is 18.0 Å². The normalized spacial score (nSPS) is 12.6. The van der Waals surface area contributed by atoms with Crippen LogP contribution in [-0.2, 0) is 24.3 Å².